The van der Waals surface area contributed by atoms with Crippen LogP contribution in [0.5, 0.6) is 0 Å². The molecule has 0 heterocycles. The molecule has 0 amide bonds. The van der Waals surface area contributed by atoms with Crippen LogP contribution < -0.4 is 5.32 Å². The molecular formula is C16H20BrFN2. The Morgan fingerprint density at radius 3 is 2.95 bits per heavy atom. The lowest BCUT2D eigenvalue weighted by molar-refractivity contribution is 0.274. The fourth-order valence-electron chi connectivity index (χ4n) is 3.01. The molecule has 1 aliphatic carbocycles. The van der Waals surface area contributed by atoms with Crippen molar-refractivity contribution >= 4 is 21.6 Å². The van der Waals surface area contributed by atoms with Crippen molar-refractivity contribution in [2.45, 2.75) is 39.0 Å². The van der Waals surface area contributed by atoms with Gasteiger partial charge in [0.15, 0.2) is 5.82 Å². The maximum Gasteiger partial charge on any atom is 0.161 e. The quantitative estimate of drug-likeness (QED) is 0.829. The standard InChI is InChI=1S/C16H20BrFN2/c1-11-3-2-4-12(9-11)7-8-20-14-6-5-13(10-19)15(17)16(14)18/h5-6,11-12,20H,2-4,7-9H2,1H3. The largest absolute Gasteiger partial charge is 0.383 e. The zero-order valence-corrected chi connectivity index (χ0v) is 13.3. The molecule has 2 nitrogen and oxygen atoms in total. The van der Waals surface area contributed by atoms with E-state index < -0.39 is 0 Å². The number of rotatable bonds is 4. The topological polar surface area (TPSA) is 35.8 Å². The van der Waals surface area contributed by atoms with Gasteiger partial charge in [0.1, 0.15) is 6.07 Å². The zero-order chi connectivity index (χ0) is 14.5. The maximum absolute atomic E-state index is 14.0. The number of nitrogens with one attached hydrogen (secondary N) is 1. The number of hydrogen-bond acceptors (Lipinski definition) is 2. The highest BCUT2D eigenvalue weighted by molar-refractivity contribution is 9.10. The van der Waals surface area contributed by atoms with Gasteiger partial charge in [-0.25, -0.2) is 4.39 Å². The van der Waals surface area contributed by atoms with Gasteiger partial charge in [-0.3, -0.25) is 0 Å². The Balaban J connectivity index is 1.88. The van der Waals surface area contributed by atoms with E-state index in [2.05, 4.69) is 28.2 Å². The summed E-state index contributed by atoms with van der Waals surface area (Å²) in [4.78, 5) is 0. The van der Waals surface area contributed by atoms with Gasteiger partial charge in [0.2, 0.25) is 0 Å². The highest BCUT2D eigenvalue weighted by atomic mass is 79.9. The SMILES string of the molecule is CC1CCCC(CCNc2ccc(C#N)c(Br)c2F)C1. The van der Waals surface area contributed by atoms with Gasteiger partial charge >= 0.3 is 0 Å². The van der Waals surface area contributed by atoms with E-state index in [9.17, 15) is 4.39 Å². The zero-order valence-electron chi connectivity index (χ0n) is 11.8. The molecule has 0 spiro atoms. The van der Waals surface area contributed by atoms with Gasteiger partial charge in [0, 0.05) is 6.54 Å². The highest BCUT2D eigenvalue weighted by Crippen LogP contribution is 2.31. The smallest absolute Gasteiger partial charge is 0.161 e. The number of benzene rings is 1. The highest BCUT2D eigenvalue weighted by Gasteiger charge is 2.18. The molecule has 0 saturated heterocycles. The lowest BCUT2D eigenvalue weighted by Crippen LogP contribution is -2.17. The summed E-state index contributed by atoms with van der Waals surface area (Å²) in [5.74, 6) is 1.21. The van der Waals surface area contributed by atoms with Crippen LogP contribution in [-0.2, 0) is 0 Å². The van der Waals surface area contributed by atoms with E-state index in [1.807, 2.05) is 6.07 Å². The molecule has 2 unspecified atom stereocenters. The Hall–Kier alpha value is -1.08. The fourth-order valence-corrected chi connectivity index (χ4v) is 3.44. The maximum atomic E-state index is 14.0. The minimum absolute atomic E-state index is 0.247. The van der Waals surface area contributed by atoms with Crippen LogP contribution in [0.1, 0.15) is 44.6 Å². The normalized spacial score (nSPS) is 22.3. The number of hydrogen-bond donors (Lipinski definition) is 1. The third-order valence-electron chi connectivity index (χ3n) is 4.12. The third kappa shape index (κ3) is 3.73. The summed E-state index contributed by atoms with van der Waals surface area (Å²) >= 11 is 3.13. The van der Waals surface area contributed by atoms with Crippen LogP contribution >= 0.6 is 15.9 Å². The first-order valence-electron chi connectivity index (χ1n) is 7.23. The molecule has 1 aromatic rings. The monoisotopic (exact) mass is 338 g/mol. The second kappa shape index (κ2) is 7.08. The lowest BCUT2D eigenvalue weighted by atomic mass is 9.81. The van der Waals surface area contributed by atoms with E-state index >= 15 is 0 Å². The Labute approximate surface area is 128 Å². The minimum Gasteiger partial charge on any atom is -0.383 e. The summed E-state index contributed by atoms with van der Waals surface area (Å²) in [5.41, 5.74) is 0.800. The lowest BCUT2D eigenvalue weighted by Gasteiger charge is -2.26. The first-order chi connectivity index (χ1) is 9.61. The Morgan fingerprint density at radius 2 is 2.25 bits per heavy atom. The number of nitrogens with zero attached hydrogens (tertiary/aromatic N) is 1. The van der Waals surface area contributed by atoms with E-state index in [0.29, 0.717) is 11.3 Å². The Kier molecular flexibility index (Phi) is 5.42. The van der Waals surface area contributed by atoms with Crippen molar-refractivity contribution in [1.82, 2.24) is 0 Å². The summed E-state index contributed by atoms with van der Waals surface area (Å²) < 4.78 is 14.3. The molecule has 1 aromatic carbocycles. The van der Waals surface area contributed by atoms with Crippen molar-refractivity contribution < 1.29 is 4.39 Å². The van der Waals surface area contributed by atoms with Gasteiger partial charge in [-0.05, 0) is 52.7 Å². The van der Waals surface area contributed by atoms with Crippen LogP contribution in [-0.4, -0.2) is 6.54 Å². The van der Waals surface area contributed by atoms with Crippen LogP contribution in [0.25, 0.3) is 0 Å². The van der Waals surface area contributed by atoms with Crippen molar-refractivity contribution in [3.63, 3.8) is 0 Å². The van der Waals surface area contributed by atoms with Gasteiger partial charge in [-0.2, -0.15) is 5.26 Å². The average molecular weight is 339 g/mol. The first kappa shape index (κ1) is 15.3. The summed E-state index contributed by atoms with van der Waals surface area (Å²) in [6.07, 6.45) is 6.35. The summed E-state index contributed by atoms with van der Waals surface area (Å²) in [7, 11) is 0. The van der Waals surface area contributed by atoms with Crippen LogP contribution in [0.15, 0.2) is 16.6 Å². The van der Waals surface area contributed by atoms with Crippen molar-refractivity contribution in [2.75, 3.05) is 11.9 Å². The van der Waals surface area contributed by atoms with Gasteiger partial charge < -0.3 is 5.32 Å². The Bertz CT molecular complexity index is 510. The molecule has 0 aromatic heterocycles. The second-order valence-electron chi connectivity index (χ2n) is 5.75. The molecule has 0 aliphatic heterocycles. The summed E-state index contributed by atoms with van der Waals surface area (Å²) in [5, 5.41) is 12.0. The van der Waals surface area contributed by atoms with Crippen molar-refractivity contribution in [3.8, 4) is 6.07 Å². The molecule has 20 heavy (non-hydrogen) atoms. The molecule has 2 rings (SSSR count). The minimum atomic E-state index is -0.374. The van der Waals surface area contributed by atoms with Crippen molar-refractivity contribution in [1.29, 1.82) is 5.26 Å². The molecule has 0 bridgehead atoms. The van der Waals surface area contributed by atoms with E-state index in [0.717, 1.165) is 24.8 Å². The molecule has 1 N–H and O–H groups in total. The average Bonchev–Trinajstić information content (AvgIpc) is 2.44. The molecule has 0 radical (unpaired) electrons. The molecular weight excluding hydrogens is 319 g/mol. The second-order valence-corrected chi connectivity index (χ2v) is 6.55. The number of anilines is 1. The molecule has 2 atom stereocenters. The van der Waals surface area contributed by atoms with Crippen molar-refractivity contribution in [3.05, 3.63) is 28.0 Å². The predicted molar refractivity (Wildman–Crippen MR) is 83.0 cm³/mol. The number of halogens is 2. The van der Waals surface area contributed by atoms with E-state index in [4.69, 9.17) is 5.26 Å². The third-order valence-corrected chi connectivity index (χ3v) is 4.89. The summed E-state index contributed by atoms with van der Waals surface area (Å²) in [6, 6.07) is 5.24. The molecule has 4 heteroatoms. The van der Waals surface area contributed by atoms with Crippen LogP contribution in [0.2, 0.25) is 0 Å². The van der Waals surface area contributed by atoms with Crippen molar-refractivity contribution in [2.24, 2.45) is 11.8 Å². The number of nitriles is 1. The van der Waals surface area contributed by atoms with Crippen LogP contribution in [0.4, 0.5) is 10.1 Å². The van der Waals surface area contributed by atoms with Crippen LogP contribution in [0, 0.1) is 29.0 Å². The first-order valence-corrected chi connectivity index (χ1v) is 8.03. The predicted octanol–water partition coefficient (Wildman–Crippen LogP) is 5.09. The summed E-state index contributed by atoms with van der Waals surface area (Å²) in [6.45, 7) is 3.10. The van der Waals surface area contributed by atoms with E-state index in [1.165, 1.54) is 25.7 Å². The van der Waals surface area contributed by atoms with Crippen LogP contribution in [0.3, 0.4) is 0 Å². The van der Waals surface area contributed by atoms with E-state index in [-0.39, 0.29) is 10.3 Å². The molecule has 1 aliphatic rings. The molecule has 1 saturated carbocycles. The molecule has 1 fully saturated rings. The fraction of sp³-hybridized carbons (Fsp3) is 0.562. The van der Waals surface area contributed by atoms with Gasteiger partial charge in [0.05, 0.1) is 15.7 Å². The molecule has 108 valence electrons. The van der Waals surface area contributed by atoms with Gasteiger partial charge in [-0.1, -0.05) is 26.2 Å². The van der Waals surface area contributed by atoms with Gasteiger partial charge in [-0.15, -0.1) is 0 Å². The van der Waals surface area contributed by atoms with Gasteiger partial charge in [0.25, 0.3) is 0 Å². The Morgan fingerprint density at radius 1 is 1.45 bits per heavy atom. The van der Waals surface area contributed by atoms with E-state index in [1.54, 1.807) is 12.1 Å².